The van der Waals surface area contributed by atoms with Gasteiger partial charge in [-0.25, -0.2) is 14.8 Å². The lowest BCUT2D eigenvalue weighted by Crippen LogP contribution is -2.03. The van der Waals surface area contributed by atoms with Gasteiger partial charge in [0.15, 0.2) is 10.8 Å². The number of carbonyl (C=O) groups is 1. The lowest BCUT2D eigenvalue weighted by atomic mass is 10.3. The van der Waals surface area contributed by atoms with Gasteiger partial charge in [-0.2, -0.15) is 0 Å². The third-order valence-electron chi connectivity index (χ3n) is 4.09. The lowest BCUT2D eigenvalue weighted by molar-refractivity contribution is 0.0602. The Balaban J connectivity index is 1.62. The van der Waals surface area contributed by atoms with Gasteiger partial charge in [0.1, 0.15) is 5.56 Å². The van der Waals surface area contributed by atoms with Crippen LogP contribution in [0.3, 0.4) is 0 Å². The molecule has 6 nitrogen and oxygen atoms in total. The molecular formula is C18H15ClN4O2S. The van der Waals surface area contributed by atoms with E-state index in [1.165, 1.54) is 7.11 Å². The van der Waals surface area contributed by atoms with Crippen LogP contribution >= 0.6 is 23.4 Å². The third kappa shape index (κ3) is 2.93. The summed E-state index contributed by atoms with van der Waals surface area (Å²) in [6.45, 7) is 0. The number of carbonyl (C=O) groups excluding carboxylic acids is 1. The molecule has 0 fully saturated rings. The molecule has 3 aromatic heterocycles. The summed E-state index contributed by atoms with van der Waals surface area (Å²) in [4.78, 5) is 21.1. The number of nitrogens with zero attached hydrogens (tertiary/aromatic N) is 4. The Bertz CT molecular complexity index is 1140. The number of ether oxygens (including phenoxy) is 1. The molecule has 4 aromatic rings. The molecule has 4 rings (SSSR count). The van der Waals surface area contributed by atoms with Gasteiger partial charge in [0.25, 0.3) is 0 Å². The average Bonchev–Trinajstić information content (AvgIpc) is 3.19. The molecule has 3 heterocycles. The monoisotopic (exact) mass is 386 g/mol. The topological polar surface area (TPSA) is 61.4 Å². The first-order chi connectivity index (χ1) is 12.6. The van der Waals surface area contributed by atoms with Crippen molar-refractivity contribution < 1.29 is 9.53 Å². The number of imidazole rings is 2. The Morgan fingerprint density at radius 3 is 2.96 bits per heavy atom. The highest BCUT2D eigenvalue weighted by atomic mass is 35.5. The number of aromatic nitrogens is 4. The van der Waals surface area contributed by atoms with Gasteiger partial charge in [0, 0.05) is 30.2 Å². The summed E-state index contributed by atoms with van der Waals surface area (Å²) in [5, 5.41) is 1.55. The van der Waals surface area contributed by atoms with Crippen LogP contribution < -0.4 is 0 Å². The summed E-state index contributed by atoms with van der Waals surface area (Å²) in [6, 6.07) is 9.18. The fourth-order valence-corrected chi connectivity index (χ4v) is 3.86. The maximum absolute atomic E-state index is 11.9. The SMILES string of the molecule is COC(=O)c1cccn2cc(CSc3nc4cc(Cl)ccc4n3C)nc12. The first-order valence-corrected chi connectivity index (χ1v) is 9.23. The maximum Gasteiger partial charge on any atom is 0.341 e. The van der Waals surface area contributed by atoms with Gasteiger partial charge in [-0.05, 0) is 30.3 Å². The van der Waals surface area contributed by atoms with Crippen molar-refractivity contribution in [2.75, 3.05) is 7.11 Å². The highest BCUT2D eigenvalue weighted by Gasteiger charge is 2.14. The van der Waals surface area contributed by atoms with Gasteiger partial charge in [-0.1, -0.05) is 23.4 Å². The van der Waals surface area contributed by atoms with E-state index in [0.717, 1.165) is 21.9 Å². The van der Waals surface area contributed by atoms with Crippen LogP contribution in [0.5, 0.6) is 0 Å². The van der Waals surface area contributed by atoms with E-state index < -0.39 is 5.97 Å². The number of aryl methyl sites for hydroxylation is 1. The summed E-state index contributed by atoms with van der Waals surface area (Å²) in [5.41, 5.74) is 3.79. The fourth-order valence-electron chi connectivity index (χ4n) is 2.82. The fraction of sp³-hybridized carbons (Fsp3) is 0.167. The molecule has 0 atom stereocenters. The standard InChI is InChI=1S/C18H15ClN4O2S/c1-22-15-6-5-11(19)8-14(15)21-18(22)26-10-12-9-23-7-3-4-13(16(23)20-12)17(24)25-2/h3-9H,10H2,1-2H3. The predicted octanol–water partition coefficient (Wildman–Crippen LogP) is 3.95. The summed E-state index contributed by atoms with van der Waals surface area (Å²) < 4.78 is 8.68. The van der Waals surface area contributed by atoms with Crippen LogP contribution in [0.25, 0.3) is 16.7 Å². The number of esters is 1. The van der Waals surface area contributed by atoms with Gasteiger partial charge >= 0.3 is 5.97 Å². The number of hydrogen-bond acceptors (Lipinski definition) is 5. The second kappa shape index (κ2) is 6.66. The number of pyridine rings is 1. The van der Waals surface area contributed by atoms with E-state index in [1.54, 1.807) is 23.9 Å². The van der Waals surface area contributed by atoms with Crippen molar-refractivity contribution in [3.8, 4) is 0 Å². The zero-order valence-corrected chi connectivity index (χ0v) is 15.7. The van der Waals surface area contributed by atoms with Gasteiger partial charge < -0.3 is 13.7 Å². The van der Waals surface area contributed by atoms with Gasteiger partial charge in [-0.3, -0.25) is 0 Å². The van der Waals surface area contributed by atoms with E-state index in [0.29, 0.717) is 22.0 Å². The van der Waals surface area contributed by atoms with E-state index in [2.05, 4.69) is 9.97 Å². The second-order valence-electron chi connectivity index (χ2n) is 5.75. The number of benzene rings is 1. The third-order valence-corrected chi connectivity index (χ3v) is 5.39. The van der Waals surface area contributed by atoms with E-state index in [4.69, 9.17) is 16.3 Å². The maximum atomic E-state index is 11.9. The number of thioether (sulfide) groups is 1. The van der Waals surface area contributed by atoms with Crippen LogP contribution in [0.1, 0.15) is 16.1 Å². The predicted molar refractivity (Wildman–Crippen MR) is 102 cm³/mol. The summed E-state index contributed by atoms with van der Waals surface area (Å²) in [7, 11) is 3.34. The first kappa shape index (κ1) is 16.9. The number of rotatable bonds is 4. The van der Waals surface area contributed by atoms with E-state index in [-0.39, 0.29) is 0 Å². The van der Waals surface area contributed by atoms with E-state index in [9.17, 15) is 4.79 Å². The van der Waals surface area contributed by atoms with Crippen molar-refractivity contribution in [2.45, 2.75) is 10.9 Å². The molecule has 0 aliphatic carbocycles. The van der Waals surface area contributed by atoms with Crippen molar-refractivity contribution in [2.24, 2.45) is 7.05 Å². The van der Waals surface area contributed by atoms with Crippen LogP contribution in [0, 0.1) is 0 Å². The Kier molecular flexibility index (Phi) is 4.34. The molecule has 0 spiro atoms. The van der Waals surface area contributed by atoms with Crippen molar-refractivity contribution in [3.05, 3.63) is 59.0 Å². The van der Waals surface area contributed by atoms with Crippen molar-refractivity contribution >= 4 is 46.0 Å². The molecule has 132 valence electrons. The minimum atomic E-state index is -0.396. The normalized spacial score (nSPS) is 11.3. The van der Waals surface area contributed by atoms with Crippen molar-refractivity contribution in [3.63, 3.8) is 0 Å². The molecule has 0 radical (unpaired) electrons. The number of hydrogen-bond donors (Lipinski definition) is 0. The van der Waals surface area contributed by atoms with Crippen LogP contribution in [0.15, 0.2) is 47.9 Å². The molecule has 1 aromatic carbocycles. The van der Waals surface area contributed by atoms with E-state index in [1.807, 2.05) is 46.6 Å². The molecule has 0 aliphatic heterocycles. The van der Waals surface area contributed by atoms with Crippen LogP contribution in [0.2, 0.25) is 5.02 Å². The molecule has 0 N–H and O–H groups in total. The minimum Gasteiger partial charge on any atom is -0.465 e. The summed E-state index contributed by atoms with van der Waals surface area (Å²) >= 11 is 7.63. The molecule has 0 saturated carbocycles. The zero-order chi connectivity index (χ0) is 18.3. The molecule has 8 heteroatoms. The number of halogens is 1. The molecule has 26 heavy (non-hydrogen) atoms. The average molecular weight is 387 g/mol. The first-order valence-electron chi connectivity index (χ1n) is 7.86. The summed E-state index contributed by atoms with van der Waals surface area (Å²) in [5.74, 6) is 0.236. The highest BCUT2D eigenvalue weighted by Crippen LogP contribution is 2.27. The quantitative estimate of drug-likeness (QED) is 0.392. The largest absolute Gasteiger partial charge is 0.465 e. The minimum absolute atomic E-state index is 0.396. The highest BCUT2D eigenvalue weighted by molar-refractivity contribution is 7.98. The molecule has 0 amide bonds. The zero-order valence-electron chi connectivity index (χ0n) is 14.1. The van der Waals surface area contributed by atoms with Gasteiger partial charge in [0.2, 0.25) is 0 Å². The second-order valence-corrected chi connectivity index (χ2v) is 7.13. The Morgan fingerprint density at radius 1 is 1.31 bits per heavy atom. The molecule has 0 aliphatic rings. The van der Waals surface area contributed by atoms with Gasteiger partial charge in [0.05, 0.1) is 23.8 Å². The summed E-state index contributed by atoms with van der Waals surface area (Å²) in [6.07, 6.45) is 3.77. The molecule has 0 unspecified atom stereocenters. The Labute approximate surface area is 158 Å². The lowest BCUT2D eigenvalue weighted by Gasteiger charge is -2.00. The van der Waals surface area contributed by atoms with Crippen molar-refractivity contribution in [1.29, 1.82) is 0 Å². The number of fused-ring (bicyclic) bond motifs is 2. The number of methoxy groups -OCH3 is 1. The van der Waals surface area contributed by atoms with Crippen LogP contribution in [0.4, 0.5) is 0 Å². The van der Waals surface area contributed by atoms with Gasteiger partial charge in [-0.15, -0.1) is 0 Å². The smallest absolute Gasteiger partial charge is 0.341 e. The van der Waals surface area contributed by atoms with E-state index >= 15 is 0 Å². The molecule has 0 bridgehead atoms. The van der Waals surface area contributed by atoms with Crippen molar-refractivity contribution in [1.82, 2.24) is 18.9 Å². The Morgan fingerprint density at radius 2 is 2.15 bits per heavy atom. The van der Waals surface area contributed by atoms with Crippen LogP contribution in [-0.4, -0.2) is 32.0 Å². The Hall–Kier alpha value is -2.51. The molecular weight excluding hydrogens is 372 g/mol. The molecule has 0 saturated heterocycles. The van der Waals surface area contributed by atoms with Crippen LogP contribution in [-0.2, 0) is 17.5 Å².